The van der Waals surface area contributed by atoms with Crippen molar-refractivity contribution in [2.24, 2.45) is 0 Å². The highest BCUT2D eigenvalue weighted by atomic mass is 35.5. The van der Waals surface area contributed by atoms with Crippen LogP contribution in [0.1, 0.15) is 22.5 Å². The van der Waals surface area contributed by atoms with Crippen LogP contribution in [0, 0.1) is 5.82 Å². The number of fused-ring (bicyclic) bond motifs is 2. The van der Waals surface area contributed by atoms with E-state index >= 15 is 0 Å². The molecule has 2 unspecified atom stereocenters. The smallest absolute Gasteiger partial charge is 0.270 e. The van der Waals surface area contributed by atoms with Gasteiger partial charge >= 0.3 is 0 Å². The van der Waals surface area contributed by atoms with E-state index in [-0.39, 0.29) is 24.0 Å². The van der Waals surface area contributed by atoms with Crippen LogP contribution in [0.5, 0.6) is 17.4 Å². The van der Waals surface area contributed by atoms with Crippen molar-refractivity contribution in [1.82, 2.24) is 25.2 Å². The largest absolute Gasteiger partial charge is 0.486 e. The number of hydrogen-bond donors (Lipinski definition) is 2. The van der Waals surface area contributed by atoms with Crippen molar-refractivity contribution < 1.29 is 28.5 Å². The molecule has 5 rings (SSSR count). The number of aliphatic hydroxyl groups excluding tert-OH is 1. The Morgan fingerprint density at radius 3 is 2.83 bits per heavy atom. The lowest BCUT2D eigenvalue weighted by molar-refractivity contribution is 0.0382. The van der Waals surface area contributed by atoms with Crippen LogP contribution in [0.15, 0.2) is 30.6 Å². The highest BCUT2D eigenvalue weighted by Gasteiger charge is 2.30. The van der Waals surface area contributed by atoms with Crippen LogP contribution in [0.4, 0.5) is 4.39 Å². The number of amides is 1. The summed E-state index contributed by atoms with van der Waals surface area (Å²) in [6.07, 6.45) is 2.84. The van der Waals surface area contributed by atoms with Crippen molar-refractivity contribution in [1.29, 1.82) is 0 Å². The van der Waals surface area contributed by atoms with Gasteiger partial charge in [-0.25, -0.2) is 14.4 Å². The van der Waals surface area contributed by atoms with Crippen LogP contribution in [0.25, 0.3) is 11.0 Å². The maximum Gasteiger partial charge on any atom is 0.270 e. The summed E-state index contributed by atoms with van der Waals surface area (Å²) >= 11 is 0. The standard InChI is InChI=1S/C24H26FN5O5.ClH/c1-33-22-3-2-17-23(29-22)14(15(25)11-26-17)4-6-30-7-5-16(19(31)13-30)28-24(32)18-10-20-21(12-27-18)35-9-8-34-20;/h2-3,10-12,16,19,31H,4-9,13H2,1H3,(H,28,32);1H. The molecule has 3 aromatic rings. The lowest BCUT2D eigenvalue weighted by Crippen LogP contribution is -2.54. The van der Waals surface area contributed by atoms with Crippen molar-refractivity contribution >= 4 is 29.3 Å². The van der Waals surface area contributed by atoms with Crippen molar-refractivity contribution in [3.8, 4) is 17.4 Å². The quantitative estimate of drug-likeness (QED) is 0.502. The Bertz CT molecular complexity index is 1250. The summed E-state index contributed by atoms with van der Waals surface area (Å²) in [4.78, 5) is 27.3. The molecule has 0 spiro atoms. The molecule has 1 fully saturated rings. The molecule has 2 aliphatic rings. The van der Waals surface area contributed by atoms with Gasteiger partial charge in [0.25, 0.3) is 5.91 Å². The van der Waals surface area contributed by atoms with Gasteiger partial charge in [0.15, 0.2) is 11.5 Å². The number of rotatable bonds is 6. The fourth-order valence-electron chi connectivity index (χ4n) is 4.38. The van der Waals surface area contributed by atoms with Crippen molar-refractivity contribution in [3.05, 3.63) is 47.7 Å². The minimum atomic E-state index is -0.776. The molecule has 0 aliphatic carbocycles. The van der Waals surface area contributed by atoms with E-state index in [1.807, 2.05) is 4.90 Å². The maximum absolute atomic E-state index is 14.6. The van der Waals surface area contributed by atoms with Gasteiger partial charge in [0.1, 0.15) is 24.7 Å². The Kier molecular flexibility index (Phi) is 8.02. The van der Waals surface area contributed by atoms with E-state index in [4.69, 9.17) is 14.2 Å². The number of halogens is 2. The fraction of sp³-hybridized carbons (Fsp3) is 0.417. The first-order valence-corrected chi connectivity index (χ1v) is 11.5. The predicted octanol–water partition coefficient (Wildman–Crippen LogP) is 1.77. The average Bonchev–Trinajstić information content (AvgIpc) is 2.88. The first-order chi connectivity index (χ1) is 17.0. The van der Waals surface area contributed by atoms with E-state index in [0.29, 0.717) is 79.7 Å². The molecule has 36 heavy (non-hydrogen) atoms. The first-order valence-electron chi connectivity index (χ1n) is 11.5. The van der Waals surface area contributed by atoms with Gasteiger partial charge in [0, 0.05) is 37.3 Å². The predicted molar refractivity (Wildman–Crippen MR) is 131 cm³/mol. The summed E-state index contributed by atoms with van der Waals surface area (Å²) in [6, 6.07) is 4.56. The zero-order valence-electron chi connectivity index (χ0n) is 19.6. The second kappa shape index (κ2) is 11.2. The highest BCUT2D eigenvalue weighted by Crippen LogP contribution is 2.29. The summed E-state index contributed by atoms with van der Waals surface area (Å²) in [5.41, 5.74) is 1.73. The molecule has 5 heterocycles. The van der Waals surface area contributed by atoms with Gasteiger partial charge in [0.2, 0.25) is 5.88 Å². The minimum absolute atomic E-state index is 0. The number of methoxy groups -OCH3 is 1. The molecule has 0 bridgehead atoms. The Morgan fingerprint density at radius 1 is 1.25 bits per heavy atom. The molecule has 12 heteroatoms. The van der Waals surface area contributed by atoms with E-state index in [0.717, 1.165) is 0 Å². The van der Waals surface area contributed by atoms with Crippen LogP contribution in [0.3, 0.4) is 0 Å². The highest BCUT2D eigenvalue weighted by molar-refractivity contribution is 5.93. The number of aliphatic hydroxyl groups is 1. The zero-order chi connectivity index (χ0) is 24.4. The molecule has 10 nitrogen and oxygen atoms in total. The Balaban J connectivity index is 0.00000304. The van der Waals surface area contributed by atoms with E-state index in [1.54, 1.807) is 18.2 Å². The number of aromatic nitrogens is 3. The summed E-state index contributed by atoms with van der Waals surface area (Å²) in [6.45, 7) is 2.37. The maximum atomic E-state index is 14.6. The molecule has 0 aromatic carbocycles. The van der Waals surface area contributed by atoms with Gasteiger partial charge in [-0.1, -0.05) is 0 Å². The van der Waals surface area contributed by atoms with E-state index in [1.165, 1.54) is 19.5 Å². The van der Waals surface area contributed by atoms with Crippen LogP contribution in [0.2, 0.25) is 0 Å². The van der Waals surface area contributed by atoms with Crippen molar-refractivity contribution in [3.63, 3.8) is 0 Å². The van der Waals surface area contributed by atoms with Crippen LogP contribution in [-0.2, 0) is 6.42 Å². The van der Waals surface area contributed by atoms with E-state index < -0.39 is 18.0 Å². The molecule has 1 amide bonds. The minimum Gasteiger partial charge on any atom is -0.486 e. The number of ether oxygens (including phenoxy) is 3. The number of likely N-dealkylation sites (tertiary alicyclic amines) is 1. The molecule has 192 valence electrons. The lowest BCUT2D eigenvalue weighted by Gasteiger charge is -2.36. The zero-order valence-corrected chi connectivity index (χ0v) is 20.5. The molecule has 1 saturated heterocycles. The number of carbonyl (C=O) groups is 1. The van der Waals surface area contributed by atoms with Crippen molar-refractivity contribution in [2.45, 2.75) is 25.0 Å². The number of nitrogens with one attached hydrogen (secondary N) is 1. The number of piperidine rings is 1. The van der Waals surface area contributed by atoms with Crippen LogP contribution < -0.4 is 19.5 Å². The molecular weight excluding hydrogens is 493 g/mol. The summed E-state index contributed by atoms with van der Waals surface area (Å²) in [5, 5.41) is 13.6. The molecular formula is C24H27ClFN5O5. The van der Waals surface area contributed by atoms with Gasteiger partial charge in [-0.15, -0.1) is 12.4 Å². The molecule has 2 N–H and O–H groups in total. The van der Waals surface area contributed by atoms with Gasteiger partial charge in [-0.3, -0.25) is 9.78 Å². The SMILES string of the molecule is COc1ccc2ncc(F)c(CCN3CCC(NC(=O)c4cc5c(cn4)OCCO5)C(O)C3)c2n1.Cl. The first kappa shape index (κ1) is 25.8. The number of hydrogen-bond acceptors (Lipinski definition) is 9. The van der Waals surface area contributed by atoms with E-state index in [2.05, 4.69) is 20.3 Å². The average molecular weight is 520 g/mol. The normalized spacial score (nSPS) is 19.4. The third-order valence-electron chi connectivity index (χ3n) is 6.27. The Morgan fingerprint density at radius 2 is 2.06 bits per heavy atom. The molecule has 0 radical (unpaired) electrons. The van der Waals surface area contributed by atoms with Gasteiger partial charge in [-0.2, -0.15) is 0 Å². The van der Waals surface area contributed by atoms with Gasteiger partial charge < -0.3 is 29.5 Å². The molecule has 3 aromatic heterocycles. The summed E-state index contributed by atoms with van der Waals surface area (Å²) < 4.78 is 30.7. The summed E-state index contributed by atoms with van der Waals surface area (Å²) in [5.74, 6) is 0.575. The number of pyridine rings is 3. The Hall–Kier alpha value is -3.28. The second-order valence-electron chi connectivity index (χ2n) is 8.51. The summed E-state index contributed by atoms with van der Waals surface area (Å²) in [7, 11) is 1.51. The third-order valence-corrected chi connectivity index (χ3v) is 6.27. The second-order valence-corrected chi connectivity index (χ2v) is 8.51. The van der Waals surface area contributed by atoms with Crippen LogP contribution >= 0.6 is 12.4 Å². The number of carbonyl (C=O) groups excluding carboxylic acids is 1. The monoisotopic (exact) mass is 519 g/mol. The lowest BCUT2D eigenvalue weighted by atomic mass is 10.0. The molecule has 2 aliphatic heterocycles. The number of β-amino-alcohol motifs (C(OH)–C–C–N with tert-alkyl or cyclic N) is 1. The topological polar surface area (TPSA) is 119 Å². The van der Waals surface area contributed by atoms with E-state index in [9.17, 15) is 14.3 Å². The van der Waals surface area contributed by atoms with Crippen molar-refractivity contribution in [2.75, 3.05) is 40.0 Å². The van der Waals surface area contributed by atoms with Crippen LogP contribution in [-0.4, -0.2) is 83.0 Å². The molecule has 2 atom stereocenters. The third kappa shape index (κ3) is 5.43. The fourth-order valence-corrected chi connectivity index (χ4v) is 4.38. The molecule has 0 saturated carbocycles. The Labute approximate surface area is 213 Å². The number of nitrogens with zero attached hydrogens (tertiary/aromatic N) is 4. The van der Waals surface area contributed by atoms with Gasteiger partial charge in [-0.05, 0) is 18.9 Å². The van der Waals surface area contributed by atoms with Gasteiger partial charge in [0.05, 0.1) is 42.7 Å².